The van der Waals surface area contributed by atoms with E-state index in [0.29, 0.717) is 4.90 Å². The first-order chi connectivity index (χ1) is 13.1. The number of piperidine rings is 2. The second-order valence-electron chi connectivity index (χ2n) is 9.64. The second kappa shape index (κ2) is 6.48. The molecule has 1 aliphatic carbocycles. The molecule has 0 saturated carbocycles. The zero-order valence-corrected chi connectivity index (χ0v) is 18.3. The highest BCUT2D eigenvalue weighted by Crippen LogP contribution is 2.56. The zero-order valence-electron chi connectivity index (χ0n) is 17.5. The SMILES string of the molecule is CC1(C)[C@H]2Cc3cc(S(C)(=O)=O)ccc3[C@]1(C)CCN2C(=O)N1CCCCC1. The van der Waals surface area contributed by atoms with Gasteiger partial charge in [0.25, 0.3) is 0 Å². The summed E-state index contributed by atoms with van der Waals surface area (Å²) in [6.45, 7) is 9.33. The molecular formula is C22H32N2O3S. The van der Waals surface area contributed by atoms with Gasteiger partial charge in [0.15, 0.2) is 9.84 Å². The van der Waals surface area contributed by atoms with Gasteiger partial charge in [-0.3, -0.25) is 0 Å². The zero-order chi connectivity index (χ0) is 20.3. The van der Waals surface area contributed by atoms with Gasteiger partial charge in [-0.05, 0) is 60.8 Å². The maximum atomic E-state index is 13.3. The summed E-state index contributed by atoms with van der Waals surface area (Å²) in [4.78, 5) is 17.8. The molecule has 2 saturated heterocycles. The monoisotopic (exact) mass is 404 g/mol. The summed E-state index contributed by atoms with van der Waals surface area (Å²) in [5.74, 6) is 0. The quantitative estimate of drug-likeness (QED) is 0.718. The lowest BCUT2D eigenvalue weighted by Crippen LogP contribution is -2.66. The standard InChI is InChI=1S/C22H32N2O3S/c1-21(2)19-15-16-14-17(28(4,26)27)8-9-18(16)22(21,3)10-13-24(19)20(25)23-11-6-5-7-12-23/h8-9,14,19H,5-7,10-13,15H2,1-4H3/t19-,22+/m1/s1. The summed E-state index contributed by atoms with van der Waals surface area (Å²) < 4.78 is 24.2. The number of rotatable bonds is 1. The van der Waals surface area contributed by atoms with Crippen molar-refractivity contribution in [3.05, 3.63) is 29.3 Å². The van der Waals surface area contributed by atoms with E-state index in [4.69, 9.17) is 0 Å². The van der Waals surface area contributed by atoms with Gasteiger partial charge in [0.2, 0.25) is 0 Å². The molecular weight excluding hydrogens is 372 g/mol. The Bertz CT molecular complexity index is 902. The van der Waals surface area contributed by atoms with Crippen molar-refractivity contribution >= 4 is 15.9 Å². The van der Waals surface area contributed by atoms with Crippen molar-refractivity contribution in [2.24, 2.45) is 5.41 Å². The Kier molecular flexibility index (Phi) is 4.57. The van der Waals surface area contributed by atoms with Crippen LogP contribution < -0.4 is 0 Å². The van der Waals surface area contributed by atoms with Crippen LogP contribution in [-0.2, 0) is 21.7 Å². The Morgan fingerprint density at radius 3 is 2.39 bits per heavy atom. The van der Waals surface area contributed by atoms with Crippen LogP contribution in [0.15, 0.2) is 23.1 Å². The van der Waals surface area contributed by atoms with Crippen LogP contribution in [0.2, 0.25) is 0 Å². The summed E-state index contributed by atoms with van der Waals surface area (Å²) in [6, 6.07) is 5.87. The molecule has 1 aromatic carbocycles. The van der Waals surface area contributed by atoms with Crippen LogP contribution in [0.1, 0.15) is 57.6 Å². The van der Waals surface area contributed by atoms with E-state index >= 15 is 0 Å². The third kappa shape index (κ3) is 2.87. The minimum atomic E-state index is -3.24. The largest absolute Gasteiger partial charge is 0.325 e. The molecule has 1 aromatic rings. The molecule has 0 N–H and O–H groups in total. The van der Waals surface area contributed by atoms with E-state index in [0.717, 1.165) is 50.9 Å². The molecule has 2 heterocycles. The van der Waals surface area contributed by atoms with Gasteiger partial charge < -0.3 is 9.80 Å². The van der Waals surface area contributed by atoms with Crippen LogP contribution in [0.3, 0.4) is 0 Å². The van der Waals surface area contributed by atoms with Crippen LogP contribution >= 0.6 is 0 Å². The predicted octanol–water partition coefficient (Wildman–Crippen LogP) is 3.61. The summed E-state index contributed by atoms with van der Waals surface area (Å²) >= 11 is 0. The number of nitrogens with zero attached hydrogens (tertiary/aromatic N) is 2. The van der Waals surface area contributed by atoms with Crippen LogP contribution in [0.5, 0.6) is 0 Å². The van der Waals surface area contributed by atoms with Crippen molar-refractivity contribution in [1.29, 1.82) is 0 Å². The number of likely N-dealkylation sites (tertiary alicyclic amines) is 2. The highest BCUT2D eigenvalue weighted by Gasteiger charge is 2.57. The molecule has 2 atom stereocenters. The number of hydrogen-bond acceptors (Lipinski definition) is 3. The summed E-state index contributed by atoms with van der Waals surface area (Å²) in [5, 5.41) is 0. The van der Waals surface area contributed by atoms with Gasteiger partial charge in [0, 0.05) is 37.3 Å². The molecule has 5 nitrogen and oxygen atoms in total. The number of carbonyl (C=O) groups is 1. The van der Waals surface area contributed by atoms with E-state index < -0.39 is 9.84 Å². The number of fused-ring (bicyclic) bond motifs is 4. The molecule has 3 aliphatic rings. The third-order valence-corrected chi connectivity index (χ3v) is 8.98. The molecule has 2 bridgehead atoms. The molecule has 0 unspecified atom stereocenters. The second-order valence-corrected chi connectivity index (χ2v) is 11.7. The normalized spacial score (nSPS) is 29.4. The van der Waals surface area contributed by atoms with Crippen LogP contribution in [0.4, 0.5) is 4.79 Å². The average Bonchev–Trinajstić information content (AvgIpc) is 2.64. The topological polar surface area (TPSA) is 57.7 Å². The van der Waals surface area contributed by atoms with Crippen molar-refractivity contribution in [1.82, 2.24) is 9.80 Å². The number of benzene rings is 1. The number of amides is 2. The molecule has 154 valence electrons. The number of hydrogen-bond donors (Lipinski definition) is 0. The van der Waals surface area contributed by atoms with Gasteiger partial charge in [-0.1, -0.05) is 26.8 Å². The first kappa shape index (κ1) is 19.7. The molecule has 28 heavy (non-hydrogen) atoms. The van der Waals surface area contributed by atoms with E-state index in [1.807, 2.05) is 17.0 Å². The van der Waals surface area contributed by atoms with Crippen molar-refractivity contribution in [3.8, 4) is 0 Å². The Hall–Kier alpha value is -1.56. The highest BCUT2D eigenvalue weighted by molar-refractivity contribution is 7.90. The van der Waals surface area contributed by atoms with Crippen molar-refractivity contribution in [2.75, 3.05) is 25.9 Å². The van der Waals surface area contributed by atoms with Gasteiger partial charge in [-0.25, -0.2) is 13.2 Å². The number of urea groups is 1. The molecule has 2 fully saturated rings. The van der Waals surface area contributed by atoms with Crippen molar-refractivity contribution in [2.45, 2.75) is 69.2 Å². The Labute approximate surface area is 169 Å². The molecule has 2 aliphatic heterocycles. The predicted molar refractivity (Wildman–Crippen MR) is 110 cm³/mol. The maximum absolute atomic E-state index is 13.3. The molecule has 4 rings (SSSR count). The van der Waals surface area contributed by atoms with E-state index in [9.17, 15) is 13.2 Å². The molecule has 0 radical (unpaired) electrons. The Morgan fingerprint density at radius 1 is 1.07 bits per heavy atom. The fourth-order valence-electron chi connectivity index (χ4n) is 5.64. The smallest absolute Gasteiger partial charge is 0.320 e. The highest BCUT2D eigenvalue weighted by atomic mass is 32.2. The third-order valence-electron chi connectivity index (χ3n) is 7.87. The van der Waals surface area contributed by atoms with Gasteiger partial charge in [0.05, 0.1) is 4.90 Å². The van der Waals surface area contributed by atoms with Gasteiger partial charge in [-0.15, -0.1) is 0 Å². The van der Waals surface area contributed by atoms with Crippen LogP contribution in [0.25, 0.3) is 0 Å². The Balaban J connectivity index is 1.74. The van der Waals surface area contributed by atoms with Crippen LogP contribution in [0, 0.1) is 5.41 Å². The maximum Gasteiger partial charge on any atom is 0.320 e. The van der Waals surface area contributed by atoms with Gasteiger partial charge >= 0.3 is 6.03 Å². The fraction of sp³-hybridized carbons (Fsp3) is 0.682. The molecule has 0 spiro atoms. The van der Waals surface area contributed by atoms with Crippen molar-refractivity contribution in [3.63, 3.8) is 0 Å². The van der Waals surface area contributed by atoms with E-state index in [2.05, 4.69) is 25.7 Å². The minimum absolute atomic E-state index is 0.0695. The fourth-order valence-corrected chi connectivity index (χ4v) is 6.31. The van der Waals surface area contributed by atoms with Crippen LogP contribution in [-0.4, -0.2) is 56.2 Å². The molecule has 2 amide bonds. The lowest BCUT2D eigenvalue weighted by Gasteiger charge is -2.61. The van der Waals surface area contributed by atoms with E-state index in [1.165, 1.54) is 18.2 Å². The summed E-state index contributed by atoms with van der Waals surface area (Å²) in [5.41, 5.74) is 2.20. The first-order valence-electron chi connectivity index (χ1n) is 10.4. The Morgan fingerprint density at radius 2 is 1.75 bits per heavy atom. The number of sulfone groups is 1. The first-order valence-corrected chi connectivity index (χ1v) is 12.3. The molecule has 0 aromatic heterocycles. The summed E-state index contributed by atoms with van der Waals surface area (Å²) in [7, 11) is -3.24. The number of carbonyl (C=O) groups excluding carboxylic acids is 1. The van der Waals surface area contributed by atoms with Crippen molar-refractivity contribution < 1.29 is 13.2 Å². The van der Waals surface area contributed by atoms with E-state index in [-0.39, 0.29) is 22.9 Å². The van der Waals surface area contributed by atoms with Gasteiger partial charge in [-0.2, -0.15) is 0 Å². The lowest BCUT2D eigenvalue weighted by atomic mass is 9.51. The lowest BCUT2D eigenvalue weighted by molar-refractivity contribution is -0.0243. The van der Waals surface area contributed by atoms with Gasteiger partial charge in [0.1, 0.15) is 0 Å². The minimum Gasteiger partial charge on any atom is -0.325 e. The molecule has 6 heteroatoms. The average molecular weight is 405 g/mol. The van der Waals surface area contributed by atoms with E-state index in [1.54, 1.807) is 6.07 Å². The summed E-state index contributed by atoms with van der Waals surface area (Å²) in [6.07, 6.45) is 6.27.